The molecule has 3 N–H and O–H groups in total. The maximum absolute atomic E-state index is 11.5. The fraction of sp³-hybridized carbons (Fsp3) is 0.667. The Balaban J connectivity index is 2.66. The van der Waals surface area contributed by atoms with Gasteiger partial charge in [0.05, 0.1) is 12.0 Å². The van der Waals surface area contributed by atoms with Crippen LogP contribution >= 0.6 is 0 Å². The van der Waals surface area contributed by atoms with Gasteiger partial charge in [0.2, 0.25) is 11.8 Å². The van der Waals surface area contributed by atoms with Crippen LogP contribution in [0, 0.1) is 0 Å². The van der Waals surface area contributed by atoms with Gasteiger partial charge in [0.15, 0.2) is 0 Å². The minimum atomic E-state index is -1.05. The van der Waals surface area contributed by atoms with Crippen LogP contribution in [-0.4, -0.2) is 41.2 Å². The largest absolute Gasteiger partial charge is 0.342 e. The van der Waals surface area contributed by atoms with Gasteiger partial charge in [-0.25, -0.2) is 0 Å². The fourth-order valence-corrected chi connectivity index (χ4v) is 1.21. The Kier molecular flexibility index (Phi) is 2.81. The molecule has 1 unspecified atom stereocenters. The van der Waals surface area contributed by atoms with E-state index in [0.29, 0.717) is 0 Å². The van der Waals surface area contributed by atoms with E-state index in [2.05, 4.69) is 5.32 Å². The normalized spacial score (nSPS) is 22.1. The molecule has 1 aliphatic rings. The quantitative estimate of drug-likeness (QED) is 0.552. The third-order valence-corrected chi connectivity index (χ3v) is 2.27. The number of nitrogens with one attached hydrogen (secondary N) is 1. The van der Waals surface area contributed by atoms with Gasteiger partial charge in [-0.15, -0.1) is 0 Å². The van der Waals surface area contributed by atoms with Crippen LogP contribution in [0.2, 0.25) is 0 Å². The topological polar surface area (TPSA) is 92.5 Å². The number of nitrogens with two attached hydrogens (primary N) is 1. The Morgan fingerprint density at radius 3 is 2.40 bits per heavy atom. The molecule has 0 spiro atoms. The number of carbonyl (C=O) groups excluding carboxylic acids is 3. The second-order valence-electron chi connectivity index (χ2n) is 4.24. The van der Waals surface area contributed by atoms with E-state index < -0.39 is 23.4 Å². The van der Waals surface area contributed by atoms with Crippen molar-refractivity contribution in [1.29, 1.82) is 0 Å². The molecule has 0 aliphatic carbocycles. The molecule has 1 saturated heterocycles. The first-order valence-corrected chi connectivity index (χ1v) is 4.63. The zero-order chi connectivity index (χ0) is 11.8. The van der Waals surface area contributed by atoms with Crippen molar-refractivity contribution >= 4 is 17.7 Å². The first-order valence-electron chi connectivity index (χ1n) is 4.63. The zero-order valence-electron chi connectivity index (χ0n) is 9.03. The molecule has 0 saturated carbocycles. The molecule has 1 aliphatic heterocycles. The highest BCUT2D eigenvalue weighted by molar-refractivity contribution is 6.07. The number of hydrogen-bond donors (Lipinski definition) is 2. The molecular formula is C9H15N3O3. The van der Waals surface area contributed by atoms with Crippen molar-refractivity contribution in [2.75, 3.05) is 7.05 Å². The number of nitrogens with zero attached hydrogens (tertiary/aromatic N) is 1. The van der Waals surface area contributed by atoms with Crippen molar-refractivity contribution in [1.82, 2.24) is 10.2 Å². The summed E-state index contributed by atoms with van der Waals surface area (Å²) in [5.74, 6) is -1.12. The summed E-state index contributed by atoms with van der Waals surface area (Å²) in [4.78, 5) is 35.0. The Hall–Kier alpha value is -1.43. The first-order chi connectivity index (χ1) is 6.73. The summed E-state index contributed by atoms with van der Waals surface area (Å²) in [6.07, 6.45) is 0.0111. The highest BCUT2D eigenvalue weighted by Crippen LogP contribution is 2.11. The van der Waals surface area contributed by atoms with E-state index in [0.717, 1.165) is 4.90 Å². The average Bonchev–Trinajstić information content (AvgIpc) is 2.32. The number of imide groups is 1. The molecule has 1 rings (SSSR count). The van der Waals surface area contributed by atoms with Gasteiger partial charge in [0.1, 0.15) is 6.04 Å². The van der Waals surface area contributed by atoms with Crippen molar-refractivity contribution in [2.24, 2.45) is 5.73 Å². The van der Waals surface area contributed by atoms with E-state index in [4.69, 9.17) is 5.73 Å². The van der Waals surface area contributed by atoms with Crippen molar-refractivity contribution in [3.05, 3.63) is 0 Å². The lowest BCUT2D eigenvalue weighted by atomic mass is 10.1. The summed E-state index contributed by atoms with van der Waals surface area (Å²) in [5, 5.41) is 2.45. The highest BCUT2D eigenvalue weighted by Gasteiger charge is 2.38. The van der Waals surface area contributed by atoms with Crippen LogP contribution in [-0.2, 0) is 14.4 Å². The molecule has 0 aromatic rings. The molecular weight excluding hydrogens is 198 g/mol. The number of likely N-dealkylation sites (N-methyl/N-ethyl adjacent to an activating group) is 1. The molecule has 6 nitrogen and oxygen atoms in total. The van der Waals surface area contributed by atoms with Gasteiger partial charge in [0, 0.05) is 7.05 Å². The van der Waals surface area contributed by atoms with Gasteiger partial charge in [-0.3, -0.25) is 19.3 Å². The minimum Gasteiger partial charge on any atom is -0.342 e. The van der Waals surface area contributed by atoms with Gasteiger partial charge >= 0.3 is 0 Å². The van der Waals surface area contributed by atoms with Crippen LogP contribution in [0.15, 0.2) is 0 Å². The second kappa shape index (κ2) is 3.62. The maximum atomic E-state index is 11.5. The summed E-state index contributed by atoms with van der Waals surface area (Å²) in [6.45, 7) is 3.07. The number of hydrogen-bond acceptors (Lipinski definition) is 4. The molecule has 0 aromatic heterocycles. The Bertz CT molecular complexity index is 319. The summed E-state index contributed by atoms with van der Waals surface area (Å²) >= 11 is 0. The lowest BCUT2D eigenvalue weighted by molar-refractivity contribution is -0.138. The minimum absolute atomic E-state index is 0.0111. The lowest BCUT2D eigenvalue weighted by Crippen LogP contribution is -2.53. The van der Waals surface area contributed by atoms with Crippen molar-refractivity contribution in [2.45, 2.75) is 31.8 Å². The number of likely N-dealkylation sites (tertiary alicyclic amines) is 1. The van der Waals surface area contributed by atoms with E-state index >= 15 is 0 Å². The van der Waals surface area contributed by atoms with Crippen LogP contribution < -0.4 is 11.1 Å². The molecule has 0 bridgehead atoms. The molecule has 1 fully saturated rings. The first kappa shape index (κ1) is 11.6. The molecule has 0 radical (unpaired) electrons. The highest BCUT2D eigenvalue weighted by atomic mass is 16.2. The van der Waals surface area contributed by atoms with Gasteiger partial charge in [-0.1, -0.05) is 0 Å². The van der Waals surface area contributed by atoms with E-state index in [1.165, 1.54) is 20.9 Å². The van der Waals surface area contributed by atoms with Crippen LogP contribution in [0.5, 0.6) is 0 Å². The summed E-state index contributed by atoms with van der Waals surface area (Å²) in [5.41, 5.74) is 4.50. The summed E-state index contributed by atoms with van der Waals surface area (Å²) < 4.78 is 0. The maximum Gasteiger partial charge on any atom is 0.252 e. The molecule has 1 heterocycles. The summed E-state index contributed by atoms with van der Waals surface area (Å²) in [7, 11) is 1.39. The van der Waals surface area contributed by atoms with Crippen molar-refractivity contribution in [3.63, 3.8) is 0 Å². The molecule has 0 aromatic carbocycles. The van der Waals surface area contributed by atoms with Crippen LogP contribution in [0.3, 0.4) is 0 Å². The van der Waals surface area contributed by atoms with Gasteiger partial charge in [0.25, 0.3) is 5.91 Å². The second-order valence-corrected chi connectivity index (χ2v) is 4.24. The fourth-order valence-electron chi connectivity index (χ4n) is 1.21. The average molecular weight is 213 g/mol. The predicted octanol–water partition coefficient (Wildman–Crippen LogP) is -1.40. The van der Waals surface area contributed by atoms with E-state index in [1.54, 1.807) is 0 Å². The summed E-state index contributed by atoms with van der Waals surface area (Å²) in [6, 6.07) is -0.766. The van der Waals surface area contributed by atoms with E-state index in [-0.39, 0.29) is 12.3 Å². The van der Waals surface area contributed by atoms with Gasteiger partial charge in [-0.05, 0) is 13.8 Å². The third-order valence-electron chi connectivity index (χ3n) is 2.27. The number of amides is 3. The van der Waals surface area contributed by atoms with Gasteiger partial charge in [-0.2, -0.15) is 0 Å². The SMILES string of the molecule is CN1C(=O)CC(NC(=O)C(C)(C)N)C1=O. The monoisotopic (exact) mass is 213 g/mol. The number of rotatable bonds is 2. The predicted molar refractivity (Wildman–Crippen MR) is 52.6 cm³/mol. The Morgan fingerprint density at radius 1 is 1.53 bits per heavy atom. The molecule has 3 amide bonds. The third kappa shape index (κ3) is 2.33. The van der Waals surface area contributed by atoms with Crippen molar-refractivity contribution < 1.29 is 14.4 Å². The van der Waals surface area contributed by atoms with E-state index in [1.807, 2.05) is 0 Å². The molecule has 1 atom stereocenters. The van der Waals surface area contributed by atoms with E-state index in [9.17, 15) is 14.4 Å². The van der Waals surface area contributed by atoms with Crippen LogP contribution in [0.4, 0.5) is 0 Å². The Labute approximate surface area is 87.8 Å². The van der Waals surface area contributed by atoms with Gasteiger partial charge < -0.3 is 11.1 Å². The van der Waals surface area contributed by atoms with Crippen molar-refractivity contribution in [3.8, 4) is 0 Å². The molecule has 15 heavy (non-hydrogen) atoms. The van der Waals surface area contributed by atoms with Crippen LogP contribution in [0.25, 0.3) is 0 Å². The number of carbonyl (C=O) groups is 3. The molecule has 84 valence electrons. The lowest BCUT2D eigenvalue weighted by Gasteiger charge is -2.20. The Morgan fingerprint density at radius 2 is 2.07 bits per heavy atom. The van der Waals surface area contributed by atoms with Crippen LogP contribution in [0.1, 0.15) is 20.3 Å². The standard InChI is InChI=1S/C9H15N3O3/c1-9(2,10)8(15)11-5-4-6(13)12(3)7(5)14/h5H,4,10H2,1-3H3,(H,11,15). The zero-order valence-corrected chi connectivity index (χ0v) is 9.03. The molecule has 6 heteroatoms. The smallest absolute Gasteiger partial charge is 0.252 e.